The van der Waals surface area contributed by atoms with E-state index in [0.29, 0.717) is 5.56 Å². The van der Waals surface area contributed by atoms with E-state index in [2.05, 4.69) is 0 Å². The molecule has 1 rings (SSSR count). The Bertz CT molecular complexity index is 377. The number of thioether (sulfide) groups is 1. The fraction of sp³-hybridized carbons (Fsp3) is 0.385. The third kappa shape index (κ3) is 4.62. The van der Waals surface area contributed by atoms with Crippen molar-refractivity contribution in [1.29, 1.82) is 0 Å². The van der Waals surface area contributed by atoms with Crippen LogP contribution < -0.4 is 0 Å². The van der Waals surface area contributed by atoms with Gasteiger partial charge in [-0.05, 0) is 0 Å². The fourth-order valence-corrected chi connectivity index (χ4v) is 2.12. The Labute approximate surface area is 100 Å². The molecule has 0 spiro atoms. The SMILES string of the molecule is CC(C)(C)SC(=O)CC(=O)c1ccccc1. The molecular formula is C13H16O2S. The van der Waals surface area contributed by atoms with Crippen LogP contribution in [-0.2, 0) is 4.79 Å². The first-order valence-corrected chi connectivity index (χ1v) is 6.00. The maximum absolute atomic E-state index is 11.7. The molecular weight excluding hydrogens is 220 g/mol. The Kier molecular flexibility index (Phi) is 4.30. The highest BCUT2D eigenvalue weighted by molar-refractivity contribution is 8.14. The van der Waals surface area contributed by atoms with Gasteiger partial charge in [-0.15, -0.1) is 0 Å². The summed E-state index contributed by atoms with van der Waals surface area (Å²) in [4.78, 5) is 23.3. The number of carbonyl (C=O) groups excluding carboxylic acids is 2. The molecule has 0 amide bonds. The van der Waals surface area contributed by atoms with Crippen LogP contribution in [0.3, 0.4) is 0 Å². The summed E-state index contributed by atoms with van der Waals surface area (Å²) in [7, 11) is 0. The molecule has 0 aliphatic rings. The van der Waals surface area contributed by atoms with E-state index < -0.39 is 0 Å². The van der Waals surface area contributed by atoms with E-state index in [1.807, 2.05) is 26.8 Å². The molecule has 0 atom stereocenters. The number of carbonyl (C=O) groups is 2. The van der Waals surface area contributed by atoms with Crippen LogP contribution in [0.25, 0.3) is 0 Å². The lowest BCUT2D eigenvalue weighted by Crippen LogP contribution is -2.14. The van der Waals surface area contributed by atoms with Gasteiger partial charge in [0.15, 0.2) is 10.9 Å². The van der Waals surface area contributed by atoms with E-state index in [1.54, 1.807) is 24.3 Å². The van der Waals surface area contributed by atoms with E-state index in [0.717, 1.165) is 0 Å². The second-order valence-electron chi connectivity index (χ2n) is 4.55. The standard InChI is InChI=1S/C13H16O2S/c1-13(2,3)16-12(15)9-11(14)10-7-5-4-6-8-10/h4-8H,9H2,1-3H3. The lowest BCUT2D eigenvalue weighted by atomic mass is 10.1. The highest BCUT2D eigenvalue weighted by atomic mass is 32.2. The van der Waals surface area contributed by atoms with Gasteiger partial charge < -0.3 is 0 Å². The third-order valence-corrected chi connectivity index (χ3v) is 2.81. The maximum Gasteiger partial charge on any atom is 0.197 e. The first-order valence-electron chi connectivity index (χ1n) is 5.18. The van der Waals surface area contributed by atoms with Gasteiger partial charge in [0, 0.05) is 10.3 Å². The van der Waals surface area contributed by atoms with Crippen molar-refractivity contribution >= 4 is 22.7 Å². The van der Waals surface area contributed by atoms with Crippen LogP contribution in [0.4, 0.5) is 0 Å². The molecule has 0 aliphatic heterocycles. The van der Waals surface area contributed by atoms with Gasteiger partial charge >= 0.3 is 0 Å². The molecule has 0 fully saturated rings. The van der Waals surface area contributed by atoms with Crippen LogP contribution in [0, 0.1) is 0 Å². The highest BCUT2D eigenvalue weighted by Crippen LogP contribution is 2.25. The quantitative estimate of drug-likeness (QED) is 0.596. The molecule has 1 aromatic carbocycles. The van der Waals surface area contributed by atoms with Crippen LogP contribution in [0.15, 0.2) is 30.3 Å². The number of ketones is 1. The predicted molar refractivity (Wildman–Crippen MR) is 67.7 cm³/mol. The Morgan fingerprint density at radius 1 is 1.12 bits per heavy atom. The summed E-state index contributed by atoms with van der Waals surface area (Å²) in [6.07, 6.45) is -0.0219. The van der Waals surface area contributed by atoms with Crippen LogP contribution >= 0.6 is 11.8 Å². The molecule has 16 heavy (non-hydrogen) atoms. The minimum Gasteiger partial charge on any atom is -0.294 e. The lowest BCUT2D eigenvalue weighted by Gasteiger charge is -2.15. The molecule has 0 N–H and O–H groups in total. The number of hydrogen-bond donors (Lipinski definition) is 0. The molecule has 86 valence electrons. The van der Waals surface area contributed by atoms with Gasteiger partial charge in [0.25, 0.3) is 0 Å². The van der Waals surface area contributed by atoms with Crippen LogP contribution in [0.1, 0.15) is 37.6 Å². The van der Waals surface area contributed by atoms with Crippen LogP contribution in [0.5, 0.6) is 0 Å². The fourth-order valence-electron chi connectivity index (χ4n) is 1.23. The van der Waals surface area contributed by atoms with Gasteiger partial charge in [0.05, 0.1) is 6.42 Å². The van der Waals surface area contributed by atoms with Crippen molar-refractivity contribution in [1.82, 2.24) is 0 Å². The lowest BCUT2D eigenvalue weighted by molar-refractivity contribution is -0.110. The molecule has 0 aliphatic carbocycles. The second-order valence-corrected chi connectivity index (χ2v) is 6.44. The first-order chi connectivity index (χ1) is 7.38. The van der Waals surface area contributed by atoms with E-state index in [1.165, 1.54) is 11.8 Å². The molecule has 3 heteroatoms. The van der Waals surface area contributed by atoms with Crippen molar-refractivity contribution in [3.05, 3.63) is 35.9 Å². The summed E-state index contributed by atoms with van der Waals surface area (Å²) in [6.45, 7) is 5.88. The van der Waals surface area contributed by atoms with Crippen LogP contribution in [0.2, 0.25) is 0 Å². The van der Waals surface area contributed by atoms with E-state index in [-0.39, 0.29) is 22.1 Å². The topological polar surface area (TPSA) is 34.1 Å². The first kappa shape index (κ1) is 13.0. The van der Waals surface area contributed by atoms with Gasteiger partial charge in [-0.2, -0.15) is 0 Å². The summed E-state index contributed by atoms with van der Waals surface area (Å²) in [6, 6.07) is 8.92. The zero-order valence-electron chi connectivity index (χ0n) is 9.82. The number of Topliss-reactive ketones (excluding diaryl/α,β-unsaturated/α-hetero) is 1. The zero-order valence-corrected chi connectivity index (χ0v) is 10.6. The monoisotopic (exact) mass is 236 g/mol. The van der Waals surface area contributed by atoms with E-state index in [9.17, 15) is 9.59 Å². The van der Waals surface area contributed by atoms with Crippen LogP contribution in [-0.4, -0.2) is 15.6 Å². The molecule has 2 nitrogen and oxygen atoms in total. The molecule has 0 saturated heterocycles. The van der Waals surface area contributed by atoms with Crippen molar-refractivity contribution in [3.63, 3.8) is 0 Å². The Hall–Kier alpha value is -1.09. The Balaban J connectivity index is 2.56. The molecule has 1 aromatic rings. The molecule has 0 heterocycles. The summed E-state index contributed by atoms with van der Waals surface area (Å²) >= 11 is 1.22. The van der Waals surface area contributed by atoms with Crippen molar-refractivity contribution < 1.29 is 9.59 Å². The van der Waals surface area contributed by atoms with E-state index in [4.69, 9.17) is 0 Å². The zero-order chi connectivity index (χ0) is 12.2. The molecule has 0 bridgehead atoms. The minimum absolute atomic E-state index is 0.0219. The summed E-state index contributed by atoms with van der Waals surface area (Å²) in [5.74, 6) is -0.109. The molecule has 0 unspecified atom stereocenters. The van der Waals surface area contributed by atoms with Gasteiger partial charge in [-0.25, -0.2) is 0 Å². The number of benzene rings is 1. The van der Waals surface area contributed by atoms with Crippen molar-refractivity contribution in [3.8, 4) is 0 Å². The van der Waals surface area contributed by atoms with Gasteiger partial charge in [0.1, 0.15) is 0 Å². The smallest absolute Gasteiger partial charge is 0.197 e. The normalized spacial score (nSPS) is 11.2. The summed E-state index contributed by atoms with van der Waals surface area (Å²) in [5, 5.41) is -0.0682. The van der Waals surface area contributed by atoms with E-state index >= 15 is 0 Å². The largest absolute Gasteiger partial charge is 0.294 e. The predicted octanol–water partition coefficient (Wildman–Crippen LogP) is 3.32. The molecule has 0 radical (unpaired) electrons. The maximum atomic E-state index is 11.7. The third-order valence-electron chi connectivity index (χ3n) is 1.82. The second kappa shape index (κ2) is 5.30. The highest BCUT2D eigenvalue weighted by Gasteiger charge is 2.19. The average molecular weight is 236 g/mol. The van der Waals surface area contributed by atoms with Gasteiger partial charge in [-0.3, -0.25) is 9.59 Å². The summed E-state index contributed by atoms with van der Waals surface area (Å²) in [5.41, 5.74) is 0.602. The number of hydrogen-bond acceptors (Lipinski definition) is 3. The van der Waals surface area contributed by atoms with Crippen molar-refractivity contribution in [2.75, 3.05) is 0 Å². The van der Waals surface area contributed by atoms with Crippen molar-refractivity contribution in [2.45, 2.75) is 31.9 Å². The number of rotatable bonds is 3. The average Bonchev–Trinajstić information content (AvgIpc) is 2.16. The van der Waals surface area contributed by atoms with Crippen molar-refractivity contribution in [2.24, 2.45) is 0 Å². The molecule has 0 saturated carbocycles. The van der Waals surface area contributed by atoms with Gasteiger partial charge in [-0.1, -0.05) is 62.9 Å². The summed E-state index contributed by atoms with van der Waals surface area (Å²) < 4.78 is -0.131. The van der Waals surface area contributed by atoms with Gasteiger partial charge in [0.2, 0.25) is 0 Å². The Morgan fingerprint density at radius 2 is 1.69 bits per heavy atom. The minimum atomic E-state index is -0.131. The Morgan fingerprint density at radius 3 is 2.19 bits per heavy atom. The molecule has 0 aromatic heterocycles.